The van der Waals surface area contributed by atoms with Crippen LogP contribution in [-0.2, 0) is 38.0 Å². The lowest BCUT2D eigenvalue weighted by Gasteiger charge is -2.60. The number of allylic oxidation sites excluding steroid dienone is 1. The van der Waals surface area contributed by atoms with E-state index in [0.717, 1.165) is 44.9 Å². The summed E-state index contributed by atoms with van der Waals surface area (Å²) in [5, 5.41) is 34.9. The lowest BCUT2D eigenvalue weighted by molar-refractivity contribution is -0.304. The summed E-state index contributed by atoms with van der Waals surface area (Å²) in [7, 11) is 0. The van der Waals surface area contributed by atoms with E-state index in [4.69, 9.17) is 28.4 Å². The molecule has 8 rings (SSSR count). The summed E-state index contributed by atoms with van der Waals surface area (Å²) < 4.78 is 37.1. The summed E-state index contributed by atoms with van der Waals surface area (Å²) in [4.78, 5) is 23.7. The minimum Gasteiger partial charge on any atom is -0.457 e. The highest BCUT2D eigenvalue weighted by Gasteiger charge is 2.86. The standard InChI is InChI=1S/C39H58O11/c1-19-16-22-30(34(6,7)44)50-39(49-22)29(19)35(8)14-15-38-18-37(38)13-12-26(33(4,5)24(37)10-11-25(38)36(35,9)32(39)43)48-31-28(47-21(3)41)27(42)23(17-45-31)46-20(2)40/h11,19,22-24,26-32,42-44H,10,12-18H2,1-9H3. The second kappa shape index (κ2) is 10.8. The van der Waals surface area contributed by atoms with Crippen LogP contribution >= 0.6 is 0 Å². The summed E-state index contributed by atoms with van der Waals surface area (Å²) in [6.45, 7) is 17.5. The fourth-order valence-corrected chi connectivity index (χ4v) is 13.7. The molecule has 0 aromatic heterocycles. The maximum atomic E-state index is 12.7. The van der Waals surface area contributed by atoms with Gasteiger partial charge in [-0.15, -0.1) is 0 Å². The molecule has 11 heteroatoms. The van der Waals surface area contributed by atoms with Crippen molar-refractivity contribution in [2.45, 2.75) is 168 Å². The molecule has 50 heavy (non-hydrogen) atoms. The predicted molar refractivity (Wildman–Crippen MR) is 178 cm³/mol. The van der Waals surface area contributed by atoms with E-state index in [9.17, 15) is 24.9 Å². The fourth-order valence-electron chi connectivity index (χ4n) is 13.7. The van der Waals surface area contributed by atoms with Gasteiger partial charge in [-0.3, -0.25) is 9.59 Å². The largest absolute Gasteiger partial charge is 0.457 e. The molecule has 0 aromatic carbocycles. The summed E-state index contributed by atoms with van der Waals surface area (Å²) in [5.74, 6) is -1.71. The molecule has 16 unspecified atom stereocenters. The molecule has 0 aromatic rings. The predicted octanol–water partition coefficient (Wildman–Crippen LogP) is 4.18. The molecule has 3 N–H and O–H groups in total. The molecule has 3 spiro atoms. The summed E-state index contributed by atoms with van der Waals surface area (Å²) in [5.41, 5.74) is -0.747. The molecule has 0 radical (unpaired) electrons. The molecule has 7 fully saturated rings. The van der Waals surface area contributed by atoms with Gasteiger partial charge in [-0.05, 0) is 92.3 Å². The first-order valence-corrected chi connectivity index (χ1v) is 19.0. The molecular formula is C39H58O11. The summed E-state index contributed by atoms with van der Waals surface area (Å²) in [6.07, 6.45) is 2.69. The molecule has 5 aliphatic carbocycles. The number of fused-ring (bicyclic) bond motifs is 4. The van der Waals surface area contributed by atoms with E-state index in [-0.39, 0.29) is 52.3 Å². The van der Waals surface area contributed by atoms with E-state index in [0.29, 0.717) is 5.92 Å². The minimum atomic E-state index is -1.28. The lowest BCUT2D eigenvalue weighted by atomic mass is 9.44. The highest BCUT2D eigenvalue weighted by Crippen LogP contribution is 2.89. The Morgan fingerprint density at radius 2 is 1.70 bits per heavy atom. The van der Waals surface area contributed by atoms with Gasteiger partial charge in [-0.25, -0.2) is 0 Å². The number of hydrogen-bond acceptors (Lipinski definition) is 11. The molecule has 8 aliphatic rings. The highest BCUT2D eigenvalue weighted by atomic mass is 16.8. The third-order valence-corrected chi connectivity index (χ3v) is 15.8. The zero-order valence-corrected chi connectivity index (χ0v) is 31.2. The Morgan fingerprint density at radius 3 is 2.36 bits per heavy atom. The SMILES string of the molecule is CC(=O)OC1COC(OC2CCC34CC35CCC3(C)C6C(C)CC7OC6(OC7C(C)(C)O)C(O)C3(C)C5=CCC4C2(C)C)C(OC(C)=O)C1O. The third kappa shape index (κ3) is 4.28. The monoisotopic (exact) mass is 702 g/mol. The molecule has 3 aliphatic heterocycles. The quantitative estimate of drug-likeness (QED) is 0.280. The number of ether oxygens (including phenoxy) is 6. The van der Waals surface area contributed by atoms with Crippen molar-refractivity contribution in [2.75, 3.05) is 6.61 Å². The van der Waals surface area contributed by atoms with Gasteiger partial charge in [0.15, 0.2) is 24.3 Å². The molecule has 0 amide bonds. The van der Waals surface area contributed by atoms with E-state index < -0.39 is 65.6 Å². The Kier molecular flexibility index (Phi) is 7.62. The molecule has 2 bridgehead atoms. The number of aliphatic hydroxyl groups is 3. The van der Waals surface area contributed by atoms with E-state index in [1.54, 1.807) is 13.8 Å². The Bertz CT molecular complexity index is 1490. The van der Waals surface area contributed by atoms with Gasteiger partial charge in [-0.1, -0.05) is 46.3 Å². The summed E-state index contributed by atoms with van der Waals surface area (Å²) >= 11 is 0. The zero-order valence-electron chi connectivity index (χ0n) is 31.2. The van der Waals surface area contributed by atoms with Gasteiger partial charge in [0.25, 0.3) is 0 Å². The van der Waals surface area contributed by atoms with Crippen LogP contribution in [0.25, 0.3) is 0 Å². The van der Waals surface area contributed by atoms with Crippen molar-refractivity contribution >= 4 is 11.9 Å². The first kappa shape index (κ1) is 35.4. The van der Waals surface area contributed by atoms with E-state index in [1.807, 2.05) is 0 Å². The van der Waals surface area contributed by atoms with E-state index in [2.05, 4.69) is 40.7 Å². The second-order valence-corrected chi connectivity index (χ2v) is 19.0. The third-order valence-electron chi connectivity index (χ3n) is 15.8. The minimum absolute atomic E-state index is 0.00121. The number of hydrogen-bond donors (Lipinski definition) is 3. The average molecular weight is 703 g/mol. The zero-order chi connectivity index (χ0) is 36.2. The Balaban J connectivity index is 1.09. The highest BCUT2D eigenvalue weighted by molar-refractivity contribution is 5.67. The Labute approximate surface area is 295 Å². The van der Waals surface area contributed by atoms with Gasteiger partial charge in [0.2, 0.25) is 0 Å². The second-order valence-electron chi connectivity index (χ2n) is 19.0. The molecule has 11 nitrogen and oxygen atoms in total. The van der Waals surface area contributed by atoms with Gasteiger partial charge in [0.05, 0.1) is 24.4 Å². The van der Waals surface area contributed by atoms with Crippen molar-refractivity contribution in [3.63, 3.8) is 0 Å². The number of rotatable bonds is 5. The fraction of sp³-hybridized carbons (Fsp3) is 0.897. The van der Waals surface area contributed by atoms with Gasteiger partial charge in [0, 0.05) is 25.2 Å². The molecular weight excluding hydrogens is 644 g/mol. The molecule has 3 heterocycles. The van der Waals surface area contributed by atoms with E-state index >= 15 is 0 Å². The van der Waals surface area contributed by atoms with Crippen LogP contribution in [0.3, 0.4) is 0 Å². The Morgan fingerprint density at radius 1 is 1.00 bits per heavy atom. The topological polar surface area (TPSA) is 150 Å². The van der Waals surface area contributed by atoms with Gasteiger partial charge in [0.1, 0.15) is 18.3 Å². The van der Waals surface area contributed by atoms with Crippen molar-refractivity contribution in [2.24, 2.45) is 44.8 Å². The van der Waals surface area contributed by atoms with Crippen LogP contribution in [0.4, 0.5) is 0 Å². The van der Waals surface area contributed by atoms with Crippen molar-refractivity contribution in [1.29, 1.82) is 0 Å². The first-order chi connectivity index (χ1) is 23.2. The normalized spacial score (nSPS) is 54.2. The number of esters is 2. The first-order valence-electron chi connectivity index (χ1n) is 19.0. The molecule has 3 saturated heterocycles. The van der Waals surface area contributed by atoms with Crippen molar-refractivity contribution < 1.29 is 53.3 Å². The van der Waals surface area contributed by atoms with Gasteiger partial charge in [-0.2, -0.15) is 0 Å². The van der Waals surface area contributed by atoms with Crippen LogP contribution in [0.5, 0.6) is 0 Å². The molecule has 16 atom stereocenters. The number of aliphatic hydroxyl groups excluding tert-OH is 2. The van der Waals surface area contributed by atoms with Gasteiger partial charge >= 0.3 is 11.9 Å². The van der Waals surface area contributed by atoms with Crippen molar-refractivity contribution in [3.8, 4) is 0 Å². The Hall–Kier alpha value is -1.60. The maximum Gasteiger partial charge on any atom is 0.303 e. The van der Waals surface area contributed by atoms with Crippen molar-refractivity contribution in [1.82, 2.24) is 0 Å². The smallest absolute Gasteiger partial charge is 0.303 e. The van der Waals surface area contributed by atoms with Crippen molar-refractivity contribution in [3.05, 3.63) is 11.6 Å². The molecule has 4 saturated carbocycles. The van der Waals surface area contributed by atoms with Crippen LogP contribution in [0, 0.1) is 44.8 Å². The molecule has 280 valence electrons. The van der Waals surface area contributed by atoms with Crippen LogP contribution in [-0.4, -0.2) is 94.3 Å². The maximum absolute atomic E-state index is 12.7. The average Bonchev–Trinajstić information content (AvgIpc) is 3.52. The number of carbonyl (C=O) groups excluding carboxylic acids is 2. The van der Waals surface area contributed by atoms with Crippen LogP contribution in [0.15, 0.2) is 11.6 Å². The lowest BCUT2D eigenvalue weighted by Crippen LogP contribution is -2.60. The summed E-state index contributed by atoms with van der Waals surface area (Å²) in [6, 6.07) is 0. The van der Waals surface area contributed by atoms with Crippen LogP contribution < -0.4 is 0 Å². The van der Waals surface area contributed by atoms with Gasteiger partial charge < -0.3 is 43.7 Å². The van der Waals surface area contributed by atoms with E-state index in [1.165, 1.54) is 19.4 Å². The number of carbonyl (C=O) groups is 2. The van der Waals surface area contributed by atoms with Crippen LogP contribution in [0.1, 0.15) is 107 Å². The van der Waals surface area contributed by atoms with Crippen LogP contribution in [0.2, 0.25) is 0 Å².